The van der Waals surface area contributed by atoms with Gasteiger partial charge in [0.1, 0.15) is 10.7 Å². The maximum Gasteiger partial charge on any atom is 0.229 e. The van der Waals surface area contributed by atoms with Crippen LogP contribution in [-0.4, -0.2) is 44.0 Å². The molecule has 1 saturated heterocycles. The van der Waals surface area contributed by atoms with Gasteiger partial charge in [-0.1, -0.05) is 30.9 Å². The maximum atomic E-state index is 6.15. The molecule has 0 spiro atoms. The number of hydrogen-bond acceptors (Lipinski definition) is 7. The highest BCUT2D eigenvalue weighted by molar-refractivity contribution is 6.29. The highest BCUT2D eigenvalue weighted by Crippen LogP contribution is 2.28. The first-order valence-corrected chi connectivity index (χ1v) is 11.1. The number of nitrogens with zero attached hydrogens (tertiary/aromatic N) is 5. The van der Waals surface area contributed by atoms with Crippen LogP contribution in [-0.2, 0) is 4.74 Å². The Hall–Kier alpha value is -2.45. The van der Waals surface area contributed by atoms with Gasteiger partial charge in [0.15, 0.2) is 5.82 Å². The molecular weight excluding hydrogens is 402 g/mol. The fourth-order valence-electron chi connectivity index (χ4n) is 4.27. The highest BCUT2D eigenvalue weighted by Gasteiger charge is 2.19. The van der Waals surface area contributed by atoms with E-state index in [1.807, 2.05) is 23.1 Å². The summed E-state index contributed by atoms with van der Waals surface area (Å²) in [4.78, 5) is 13.9. The molecule has 5 rings (SSSR count). The lowest BCUT2D eigenvalue weighted by molar-refractivity contribution is 0.0662. The number of pyridine rings is 1. The first-order valence-electron chi connectivity index (χ1n) is 10.7. The summed E-state index contributed by atoms with van der Waals surface area (Å²) in [6.07, 6.45) is 11.9. The fourth-order valence-corrected chi connectivity index (χ4v) is 4.42. The molecule has 2 aliphatic rings. The van der Waals surface area contributed by atoms with Crippen molar-refractivity contribution in [3.05, 3.63) is 29.7 Å². The van der Waals surface area contributed by atoms with Gasteiger partial charge in [-0.15, -0.1) is 0 Å². The van der Waals surface area contributed by atoms with E-state index in [0.29, 0.717) is 28.7 Å². The van der Waals surface area contributed by atoms with E-state index in [-0.39, 0.29) is 0 Å². The Labute approximate surface area is 180 Å². The van der Waals surface area contributed by atoms with Crippen LogP contribution in [0.3, 0.4) is 0 Å². The molecular formula is C21H26ClN7O. The number of aromatic nitrogens is 5. The van der Waals surface area contributed by atoms with Gasteiger partial charge in [0.05, 0.1) is 23.4 Å². The summed E-state index contributed by atoms with van der Waals surface area (Å²) in [7, 11) is 0. The predicted molar refractivity (Wildman–Crippen MR) is 117 cm³/mol. The molecule has 0 aromatic carbocycles. The van der Waals surface area contributed by atoms with E-state index < -0.39 is 0 Å². The Morgan fingerprint density at radius 3 is 2.67 bits per heavy atom. The molecule has 3 aromatic rings. The number of ether oxygens (including phenoxy) is 1. The molecule has 1 aliphatic heterocycles. The first-order chi connectivity index (χ1) is 14.7. The molecule has 9 heteroatoms. The number of anilines is 3. The Bertz CT molecular complexity index is 1010. The normalized spacial score (nSPS) is 18.6. The molecule has 0 unspecified atom stereocenters. The van der Waals surface area contributed by atoms with E-state index in [0.717, 1.165) is 55.9 Å². The van der Waals surface area contributed by atoms with E-state index in [4.69, 9.17) is 21.3 Å². The standard InChI is InChI=1S/C21H26ClN7O/c22-18-7-6-17-19(27-18)20(24-14-4-2-1-3-5-14)28-21(26-17)25-15-12-23-29(13-15)16-8-10-30-11-9-16/h6-7,12-14,16H,1-5,8-11H2,(H2,24,25,26,28). The van der Waals surface area contributed by atoms with Crippen LogP contribution in [0, 0.1) is 0 Å². The SMILES string of the molecule is Clc1ccc2nc(Nc3cnn(C4CCOCC4)c3)nc(NC3CCCCC3)c2n1. The minimum Gasteiger partial charge on any atom is -0.381 e. The summed E-state index contributed by atoms with van der Waals surface area (Å²) < 4.78 is 7.46. The summed E-state index contributed by atoms with van der Waals surface area (Å²) in [5.74, 6) is 1.25. The molecule has 0 atom stereocenters. The smallest absolute Gasteiger partial charge is 0.229 e. The quantitative estimate of drug-likeness (QED) is 0.569. The van der Waals surface area contributed by atoms with E-state index >= 15 is 0 Å². The molecule has 158 valence electrons. The van der Waals surface area contributed by atoms with Crippen LogP contribution in [0.2, 0.25) is 5.15 Å². The van der Waals surface area contributed by atoms with Gasteiger partial charge in [0.2, 0.25) is 5.95 Å². The number of nitrogens with one attached hydrogen (secondary N) is 2. The second kappa shape index (κ2) is 8.73. The average molecular weight is 428 g/mol. The zero-order valence-corrected chi connectivity index (χ0v) is 17.6. The maximum absolute atomic E-state index is 6.15. The Balaban J connectivity index is 1.41. The summed E-state index contributed by atoms with van der Waals surface area (Å²) in [5, 5.41) is 11.9. The van der Waals surface area contributed by atoms with Gasteiger partial charge in [-0.25, -0.2) is 9.97 Å². The van der Waals surface area contributed by atoms with Gasteiger partial charge in [-0.3, -0.25) is 4.68 Å². The number of fused-ring (bicyclic) bond motifs is 1. The molecule has 8 nitrogen and oxygen atoms in total. The molecule has 4 heterocycles. The van der Waals surface area contributed by atoms with Crippen LogP contribution >= 0.6 is 11.6 Å². The highest BCUT2D eigenvalue weighted by atomic mass is 35.5. The molecule has 0 radical (unpaired) electrons. The molecule has 1 aliphatic carbocycles. The molecule has 0 amide bonds. The van der Waals surface area contributed by atoms with Crippen molar-refractivity contribution in [1.82, 2.24) is 24.7 Å². The van der Waals surface area contributed by atoms with Crippen molar-refractivity contribution in [2.24, 2.45) is 0 Å². The predicted octanol–water partition coefficient (Wildman–Crippen LogP) is 4.71. The Morgan fingerprint density at radius 2 is 1.83 bits per heavy atom. The zero-order valence-electron chi connectivity index (χ0n) is 16.9. The number of halogens is 1. The van der Waals surface area contributed by atoms with Gasteiger partial charge in [-0.2, -0.15) is 10.1 Å². The molecule has 2 fully saturated rings. The van der Waals surface area contributed by atoms with Crippen LogP contribution in [0.25, 0.3) is 11.0 Å². The number of hydrogen-bond donors (Lipinski definition) is 2. The molecule has 0 bridgehead atoms. The molecule has 3 aromatic heterocycles. The largest absolute Gasteiger partial charge is 0.381 e. The van der Waals surface area contributed by atoms with Gasteiger partial charge < -0.3 is 15.4 Å². The average Bonchev–Trinajstić information content (AvgIpc) is 3.24. The second-order valence-electron chi connectivity index (χ2n) is 8.05. The summed E-state index contributed by atoms with van der Waals surface area (Å²) in [5.41, 5.74) is 2.33. The molecule has 2 N–H and O–H groups in total. The lowest BCUT2D eigenvalue weighted by Gasteiger charge is -2.24. The summed E-state index contributed by atoms with van der Waals surface area (Å²) in [6.45, 7) is 1.57. The lowest BCUT2D eigenvalue weighted by Crippen LogP contribution is -2.23. The van der Waals surface area contributed by atoms with Crippen molar-refractivity contribution in [1.29, 1.82) is 0 Å². The van der Waals surface area contributed by atoms with Gasteiger partial charge >= 0.3 is 0 Å². The third-order valence-electron chi connectivity index (χ3n) is 5.88. The van der Waals surface area contributed by atoms with Crippen LogP contribution in [0.5, 0.6) is 0 Å². The van der Waals surface area contributed by atoms with E-state index in [1.54, 1.807) is 6.07 Å². The van der Waals surface area contributed by atoms with Crippen molar-refractivity contribution in [3.8, 4) is 0 Å². The zero-order chi connectivity index (χ0) is 20.3. The van der Waals surface area contributed by atoms with Gasteiger partial charge in [-0.05, 0) is 37.8 Å². The third-order valence-corrected chi connectivity index (χ3v) is 6.09. The van der Waals surface area contributed by atoms with Crippen molar-refractivity contribution in [3.63, 3.8) is 0 Å². The topological polar surface area (TPSA) is 89.8 Å². The van der Waals surface area contributed by atoms with Gasteiger partial charge in [0.25, 0.3) is 0 Å². The Kier molecular flexibility index (Phi) is 5.68. The van der Waals surface area contributed by atoms with Gasteiger partial charge in [0, 0.05) is 25.5 Å². The second-order valence-corrected chi connectivity index (χ2v) is 8.44. The van der Waals surface area contributed by atoms with E-state index in [1.165, 1.54) is 19.3 Å². The molecule has 30 heavy (non-hydrogen) atoms. The van der Waals surface area contributed by atoms with Crippen LogP contribution in [0.15, 0.2) is 24.5 Å². The molecule has 1 saturated carbocycles. The van der Waals surface area contributed by atoms with Crippen molar-refractivity contribution < 1.29 is 4.74 Å². The lowest BCUT2D eigenvalue weighted by atomic mass is 9.95. The van der Waals surface area contributed by atoms with Crippen molar-refractivity contribution in [2.75, 3.05) is 23.8 Å². The van der Waals surface area contributed by atoms with Crippen LogP contribution in [0.1, 0.15) is 51.0 Å². The minimum absolute atomic E-state index is 0.377. The van der Waals surface area contributed by atoms with Crippen LogP contribution in [0.4, 0.5) is 17.5 Å². The summed E-state index contributed by atoms with van der Waals surface area (Å²) >= 11 is 6.15. The summed E-state index contributed by atoms with van der Waals surface area (Å²) in [6, 6.07) is 4.42. The number of rotatable bonds is 5. The van der Waals surface area contributed by atoms with E-state index in [9.17, 15) is 0 Å². The first kappa shape index (κ1) is 19.5. The Morgan fingerprint density at radius 1 is 1.00 bits per heavy atom. The fraction of sp³-hybridized carbons (Fsp3) is 0.524. The minimum atomic E-state index is 0.377. The van der Waals surface area contributed by atoms with Crippen LogP contribution < -0.4 is 10.6 Å². The third kappa shape index (κ3) is 4.34. The van der Waals surface area contributed by atoms with Crippen molar-refractivity contribution >= 4 is 40.1 Å². The van der Waals surface area contributed by atoms with Crippen molar-refractivity contribution in [2.45, 2.75) is 57.0 Å². The monoisotopic (exact) mass is 427 g/mol. The van der Waals surface area contributed by atoms with E-state index in [2.05, 4.69) is 25.7 Å².